The molecule has 1 aromatic rings. The van der Waals surface area contributed by atoms with Crippen molar-refractivity contribution in [1.29, 1.82) is 0 Å². The number of nitrogens with one attached hydrogen (secondary N) is 1. The second kappa shape index (κ2) is 5.62. The highest BCUT2D eigenvalue weighted by Crippen LogP contribution is 2.15. The summed E-state index contributed by atoms with van der Waals surface area (Å²) in [4.78, 5) is 1.40. The molecule has 0 atom stereocenters. The summed E-state index contributed by atoms with van der Waals surface area (Å²) in [5.41, 5.74) is 5.06. The fraction of sp³-hybridized carbons (Fsp3) is 0.455. The maximum atomic E-state index is 5.68. The summed E-state index contributed by atoms with van der Waals surface area (Å²) >= 11 is 0. The predicted octanol–water partition coefficient (Wildman–Crippen LogP) is -1.05. The third-order valence-electron chi connectivity index (χ3n) is 2.10. The Bertz CT molecular complexity index is 274. The summed E-state index contributed by atoms with van der Waals surface area (Å²) in [5.74, 6) is 0.976. The quantitative estimate of drug-likeness (QED) is 0.620. The molecule has 4 N–H and O–H groups in total. The van der Waals surface area contributed by atoms with Crippen LogP contribution in [0.15, 0.2) is 24.3 Å². The molecule has 0 bridgehead atoms. The second-order valence-corrected chi connectivity index (χ2v) is 3.66. The Hall–Kier alpha value is -1.06. The number of benzene rings is 1. The molecule has 0 aliphatic carbocycles. The van der Waals surface area contributed by atoms with Gasteiger partial charge in [-0.3, -0.25) is 0 Å². The standard InChI is InChI=1S/C11H18N2O/c1-13(2)7-8-14-11-6-4-3-5-10(11)9-12/h3-6H,7-9,12H2,1-2H3/p+2. The molecule has 0 fully saturated rings. The van der Waals surface area contributed by atoms with Gasteiger partial charge in [-0.25, -0.2) is 0 Å². The lowest BCUT2D eigenvalue weighted by Crippen LogP contribution is -3.06. The van der Waals surface area contributed by atoms with Crippen LogP contribution >= 0.6 is 0 Å². The smallest absolute Gasteiger partial charge is 0.137 e. The van der Waals surface area contributed by atoms with Crippen molar-refractivity contribution < 1.29 is 15.4 Å². The molecule has 0 spiro atoms. The van der Waals surface area contributed by atoms with E-state index in [4.69, 9.17) is 4.74 Å². The maximum absolute atomic E-state index is 5.68. The van der Waals surface area contributed by atoms with Crippen LogP contribution in [0.5, 0.6) is 5.75 Å². The largest absolute Gasteiger partial charge is 0.487 e. The van der Waals surface area contributed by atoms with Gasteiger partial charge < -0.3 is 15.4 Å². The van der Waals surface area contributed by atoms with E-state index in [1.165, 1.54) is 10.5 Å². The minimum absolute atomic E-state index is 0.763. The lowest BCUT2D eigenvalue weighted by Gasteiger charge is -2.10. The topological polar surface area (TPSA) is 41.3 Å². The van der Waals surface area contributed by atoms with E-state index in [1.54, 1.807) is 0 Å². The van der Waals surface area contributed by atoms with Crippen LogP contribution in [0.3, 0.4) is 0 Å². The summed E-state index contributed by atoms with van der Waals surface area (Å²) in [6, 6.07) is 8.08. The molecule has 0 amide bonds. The summed E-state index contributed by atoms with van der Waals surface area (Å²) < 4.78 is 5.68. The Kier molecular flexibility index (Phi) is 4.43. The summed E-state index contributed by atoms with van der Waals surface area (Å²) in [6.07, 6.45) is 0. The monoisotopic (exact) mass is 196 g/mol. The number of ether oxygens (including phenoxy) is 1. The van der Waals surface area contributed by atoms with Crippen LogP contribution in [0.1, 0.15) is 5.56 Å². The van der Waals surface area contributed by atoms with Gasteiger partial charge in [0.05, 0.1) is 14.1 Å². The van der Waals surface area contributed by atoms with E-state index >= 15 is 0 Å². The highest BCUT2D eigenvalue weighted by Gasteiger charge is 2.02. The normalized spacial score (nSPS) is 10.6. The predicted molar refractivity (Wildman–Crippen MR) is 56.2 cm³/mol. The summed E-state index contributed by atoms with van der Waals surface area (Å²) in [5, 5.41) is 0. The van der Waals surface area contributed by atoms with Crippen LogP contribution in [0.2, 0.25) is 0 Å². The van der Waals surface area contributed by atoms with Gasteiger partial charge >= 0.3 is 0 Å². The Morgan fingerprint density at radius 2 is 2.00 bits per heavy atom. The van der Waals surface area contributed by atoms with Gasteiger partial charge in [0.1, 0.15) is 25.4 Å². The first kappa shape index (κ1) is 11.0. The van der Waals surface area contributed by atoms with E-state index in [1.807, 2.05) is 18.2 Å². The second-order valence-electron chi connectivity index (χ2n) is 3.66. The first-order valence-corrected chi connectivity index (χ1v) is 5.03. The van der Waals surface area contributed by atoms with E-state index < -0.39 is 0 Å². The molecule has 3 nitrogen and oxygen atoms in total. The van der Waals surface area contributed by atoms with E-state index in [0.717, 1.165) is 25.4 Å². The summed E-state index contributed by atoms with van der Waals surface area (Å²) in [6.45, 7) is 2.57. The van der Waals surface area contributed by atoms with Crippen molar-refractivity contribution in [3.8, 4) is 5.75 Å². The average molecular weight is 196 g/mol. The van der Waals surface area contributed by atoms with Crippen LogP contribution in [0.4, 0.5) is 0 Å². The highest BCUT2D eigenvalue weighted by atomic mass is 16.5. The fourth-order valence-corrected chi connectivity index (χ4v) is 1.22. The lowest BCUT2D eigenvalue weighted by atomic mass is 10.2. The molecular weight excluding hydrogens is 176 g/mol. The number of hydrogen-bond acceptors (Lipinski definition) is 1. The number of hydrogen-bond donors (Lipinski definition) is 2. The van der Waals surface area contributed by atoms with Gasteiger partial charge in [0.15, 0.2) is 0 Å². The van der Waals surface area contributed by atoms with Gasteiger partial charge in [-0.1, -0.05) is 12.1 Å². The number of likely N-dealkylation sites (N-methyl/N-ethyl adjacent to an activating group) is 1. The maximum Gasteiger partial charge on any atom is 0.137 e. The molecule has 0 saturated heterocycles. The van der Waals surface area contributed by atoms with Crippen molar-refractivity contribution >= 4 is 0 Å². The van der Waals surface area contributed by atoms with Crippen molar-refractivity contribution in [2.24, 2.45) is 0 Å². The molecule has 0 aromatic heterocycles. The van der Waals surface area contributed by atoms with Gasteiger partial charge in [-0.05, 0) is 12.1 Å². The molecule has 14 heavy (non-hydrogen) atoms. The van der Waals surface area contributed by atoms with Crippen LogP contribution < -0.4 is 15.4 Å². The zero-order valence-electron chi connectivity index (χ0n) is 9.05. The SMILES string of the molecule is C[NH+](C)CCOc1ccccc1C[NH3+]. The highest BCUT2D eigenvalue weighted by molar-refractivity contribution is 5.32. The molecule has 1 aromatic carbocycles. The van der Waals surface area contributed by atoms with E-state index in [-0.39, 0.29) is 0 Å². The van der Waals surface area contributed by atoms with E-state index in [9.17, 15) is 0 Å². The third kappa shape index (κ3) is 3.36. The minimum Gasteiger partial charge on any atom is -0.487 e. The van der Waals surface area contributed by atoms with Crippen molar-refractivity contribution in [2.45, 2.75) is 6.54 Å². The van der Waals surface area contributed by atoms with Crippen molar-refractivity contribution in [3.63, 3.8) is 0 Å². The number of para-hydroxylation sites is 1. The van der Waals surface area contributed by atoms with Crippen LogP contribution in [0.25, 0.3) is 0 Å². The molecule has 0 aliphatic heterocycles. The molecule has 0 aliphatic rings. The van der Waals surface area contributed by atoms with E-state index in [2.05, 4.69) is 25.9 Å². The minimum atomic E-state index is 0.763. The molecular formula is C11H20N2O+2. The van der Waals surface area contributed by atoms with Gasteiger partial charge in [0.25, 0.3) is 0 Å². The Morgan fingerprint density at radius 1 is 1.29 bits per heavy atom. The summed E-state index contributed by atoms with van der Waals surface area (Å²) in [7, 11) is 4.24. The lowest BCUT2D eigenvalue weighted by molar-refractivity contribution is -0.858. The molecule has 1 rings (SSSR count). The van der Waals surface area contributed by atoms with Crippen molar-refractivity contribution in [1.82, 2.24) is 0 Å². The zero-order chi connectivity index (χ0) is 10.4. The molecule has 0 heterocycles. The van der Waals surface area contributed by atoms with Crippen LogP contribution in [-0.4, -0.2) is 27.2 Å². The van der Waals surface area contributed by atoms with Gasteiger partial charge in [0.2, 0.25) is 0 Å². The van der Waals surface area contributed by atoms with Crippen LogP contribution in [-0.2, 0) is 6.54 Å². The molecule has 0 radical (unpaired) electrons. The average Bonchev–Trinajstić information content (AvgIpc) is 2.18. The Morgan fingerprint density at radius 3 is 2.64 bits per heavy atom. The van der Waals surface area contributed by atoms with Crippen molar-refractivity contribution in [2.75, 3.05) is 27.2 Å². The molecule has 78 valence electrons. The van der Waals surface area contributed by atoms with Gasteiger partial charge in [0, 0.05) is 5.56 Å². The molecule has 0 saturated carbocycles. The Labute approximate surface area is 85.5 Å². The third-order valence-corrected chi connectivity index (χ3v) is 2.10. The van der Waals surface area contributed by atoms with Crippen molar-refractivity contribution in [3.05, 3.63) is 29.8 Å². The first-order chi connectivity index (χ1) is 6.74. The fourth-order valence-electron chi connectivity index (χ4n) is 1.22. The first-order valence-electron chi connectivity index (χ1n) is 5.03. The van der Waals surface area contributed by atoms with Crippen LogP contribution in [0, 0.1) is 0 Å². The number of quaternary nitrogens is 2. The molecule has 0 unspecified atom stereocenters. The van der Waals surface area contributed by atoms with Gasteiger partial charge in [-0.2, -0.15) is 0 Å². The number of rotatable bonds is 5. The Balaban J connectivity index is 2.49. The van der Waals surface area contributed by atoms with E-state index in [0.29, 0.717) is 0 Å². The molecule has 3 heteroatoms. The zero-order valence-corrected chi connectivity index (χ0v) is 9.05. The van der Waals surface area contributed by atoms with Gasteiger partial charge in [-0.15, -0.1) is 0 Å².